The van der Waals surface area contributed by atoms with Crippen LogP contribution in [0.15, 0.2) is 48.7 Å². The van der Waals surface area contributed by atoms with E-state index in [0.717, 1.165) is 15.8 Å². The number of H-pyrrole nitrogens is 1. The zero-order valence-corrected chi connectivity index (χ0v) is 16.8. The summed E-state index contributed by atoms with van der Waals surface area (Å²) >= 11 is 6.00. The minimum Gasteiger partial charge on any atom is -0.495 e. The largest absolute Gasteiger partial charge is 0.495 e. The lowest BCUT2D eigenvalue weighted by atomic mass is 10.0. The number of para-hydroxylation sites is 1. The van der Waals surface area contributed by atoms with Crippen LogP contribution in [0, 0.1) is 0 Å². The van der Waals surface area contributed by atoms with Crippen LogP contribution in [0.5, 0.6) is 5.75 Å². The van der Waals surface area contributed by atoms with Gasteiger partial charge < -0.3 is 19.9 Å². The Morgan fingerprint density at radius 2 is 2.00 bits per heavy atom. The number of carbonyl (C=O) groups is 2. The Morgan fingerprint density at radius 1 is 1.25 bits per heavy atom. The van der Waals surface area contributed by atoms with Crippen molar-refractivity contribution in [3.8, 4) is 5.75 Å². The van der Waals surface area contributed by atoms with Crippen LogP contribution in [0.4, 0.5) is 5.69 Å². The van der Waals surface area contributed by atoms with Gasteiger partial charge in [0.05, 0.1) is 19.8 Å². The number of amides is 1. The Hall–Kier alpha value is -2.83. The monoisotopic (exact) mass is 400 g/mol. The third-order valence-electron chi connectivity index (χ3n) is 4.86. The number of benzene rings is 2. The van der Waals surface area contributed by atoms with E-state index in [1.54, 1.807) is 24.4 Å². The molecule has 0 saturated heterocycles. The number of nitrogens with one attached hydrogen (secondary N) is 3. The van der Waals surface area contributed by atoms with E-state index in [-0.39, 0.29) is 24.3 Å². The molecule has 0 spiro atoms. The number of halogens is 1. The van der Waals surface area contributed by atoms with Gasteiger partial charge in [0, 0.05) is 27.7 Å². The zero-order valence-electron chi connectivity index (χ0n) is 16.0. The summed E-state index contributed by atoms with van der Waals surface area (Å²) in [5.74, 6) is 0.290. The molecule has 1 unspecified atom stereocenters. The molecule has 28 heavy (non-hydrogen) atoms. The molecule has 0 bridgehead atoms. The Kier molecular flexibility index (Phi) is 6.02. The van der Waals surface area contributed by atoms with Gasteiger partial charge in [-0.15, -0.1) is 0 Å². The topological polar surface area (TPSA) is 75.6 Å². The van der Waals surface area contributed by atoms with Crippen molar-refractivity contribution in [2.45, 2.75) is 13.0 Å². The van der Waals surface area contributed by atoms with E-state index in [0.29, 0.717) is 22.0 Å². The van der Waals surface area contributed by atoms with Gasteiger partial charge in [-0.05, 0) is 31.2 Å². The van der Waals surface area contributed by atoms with Crippen molar-refractivity contribution in [1.82, 2.24) is 4.98 Å². The Labute approximate surface area is 168 Å². The van der Waals surface area contributed by atoms with Gasteiger partial charge in [0.25, 0.3) is 5.91 Å². The molecule has 0 aliphatic heterocycles. The summed E-state index contributed by atoms with van der Waals surface area (Å²) in [5.41, 5.74) is 2.06. The molecule has 0 aliphatic rings. The quantitative estimate of drug-likeness (QED) is 0.533. The summed E-state index contributed by atoms with van der Waals surface area (Å²) in [6.07, 6.45) is 1.73. The van der Waals surface area contributed by atoms with E-state index in [4.69, 9.17) is 16.3 Å². The molecule has 3 rings (SSSR count). The van der Waals surface area contributed by atoms with Crippen LogP contribution in [0.25, 0.3) is 10.9 Å². The van der Waals surface area contributed by atoms with Gasteiger partial charge in [0.1, 0.15) is 11.8 Å². The first-order chi connectivity index (χ1) is 13.4. The van der Waals surface area contributed by atoms with Crippen LogP contribution in [-0.4, -0.2) is 43.4 Å². The van der Waals surface area contributed by atoms with E-state index in [1.807, 2.05) is 38.2 Å². The van der Waals surface area contributed by atoms with E-state index >= 15 is 0 Å². The molecule has 6 nitrogen and oxygen atoms in total. The van der Waals surface area contributed by atoms with Gasteiger partial charge in [-0.1, -0.05) is 29.8 Å². The molecular weight excluding hydrogens is 378 g/mol. The number of carbonyl (C=O) groups excluding carboxylic acids is 2. The van der Waals surface area contributed by atoms with Crippen molar-refractivity contribution in [3.63, 3.8) is 0 Å². The number of fused-ring (bicyclic) bond motifs is 1. The van der Waals surface area contributed by atoms with E-state index in [2.05, 4.69) is 10.3 Å². The predicted octanol–water partition coefficient (Wildman–Crippen LogP) is 2.55. The number of rotatable bonds is 7. The van der Waals surface area contributed by atoms with Gasteiger partial charge >= 0.3 is 0 Å². The Morgan fingerprint density at radius 3 is 2.75 bits per heavy atom. The lowest BCUT2D eigenvalue weighted by Gasteiger charge is -2.20. The van der Waals surface area contributed by atoms with Crippen LogP contribution in [0.1, 0.15) is 17.3 Å². The number of Topliss-reactive ketones (excluding diaryl/α,β-unsaturated/α-hetero) is 1. The zero-order chi connectivity index (χ0) is 20.3. The molecule has 0 aliphatic carbocycles. The Bertz CT molecular complexity index is 1020. The lowest BCUT2D eigenvalue weighted by Crippen LogP contribution is -3.14. The molecule has 2 aromatic carbocycles. The summed E-state index contributed by atoms with van der Waals surface area (Å²) in [5, 5.41) is 4.19. The van der Waals surface area contributed by atoms with Crippen molar-refractivity contribution >= 4 is 39.9 Å². The van der Waals surface area contributed by atoms with E-state index in [9.17, 15) is 9.59 Å². The number of anilines is 1. The van der Waals surface area contributed by atoms with Crippen molar-refractivity contribution in [3.05, 3.63) is 59.2 Å². The molecule has 1 aromatic heterocycles. The second-order valence-corrected chi connectivity index (χ2v) is 7.19. The summed E-state index contributed by atoms with van der Waals surface area (Å²) in [6, 6.07) is 12.3. The smallest absolute Gasteiger partial charge is 0.279 e. The number of aromatic amines is 1. The highest BCUT2D eigenvalue weighted by Gasteiger charge is 2.27. The van der Waals surface area contributed by atoms with Crippen molar-refractivity contribution in [2.75, 3.05) is 26.0 Å². The summed E-state index contributed by atoms with van der Waals surface area (Å²) < 4.78 is 5.24. The number of likely N-dealkylation sites (N-methyl/N-ethyl adjacent to an activating group) is 1. The number of ketones is 1. The van der Waals surface area contributed by atoms with Gasteiger partial charge in [-0.2, -0.15) is 0 Å². The third kappa shape index (κ3) is 4.18. The molecule has 0 saturated carbocycles. The molecule has 3 N–H and O–H groups in total. The molecule has 1 amide bonds. The number of quaternary nitrogens is 1. The van der Waals surface area contributed by atoms with Gasteiger partial charge in [-0.3, -0.25) is 9.59 Å². The fourth-order valence-electron chi connectivity index (χ4n) is 3.11. The van der Waals surface area contributed by atoms with Crippen molar-refractivity contribution < 1.29 is 19.2 Å². The number of methoxy groups -OCH3 is 1. The average Bonchev–Trinajstić information content (AvgIpc) is 3.11. The number of hydrogen-bond acceptors (Lipinski definition) is 3. The van der Waals surface area contributed by atoms with Crippen molar-refractivity contribution in [2.24, 2.45) is 0 Å². The molecule has 3 aromatic rings. The highest BCUT2D eigenvalue weighted by molar-refractivity contribution is 6.31. The number of aromatic nitrogens is 1. The molecule has 0 fully saturated rings. The Balaban J connectivity index is 1.68. The molecule has 146 valence electrons. The molecule has 1 heterocycles. The molecule has 2 atom stereocenters. The van der Waals surface area contributed by atoms with Crippen molar-refractivity contribution in [1.29, 1.82) is 0 Å². The first-order valence-electron chi connectivity index (χ1n) is 8.96. The maximum absolute atomic E-state index is 12.9. The van der Waals surface area contributed by atoms with Crippen LogP contribution in [0.2, 0.25) is 5.02 Å². The SMILES string of the molecule is COc1ccc(Cl)cc1NC(=O)C[NH+](C)[C@@H](C)C(=O)c1c[nH]c2ccccc12. The van der Waals surface area contributed by atoms with E-state index in [1.165, 1.54) is 7.11 Å². The number of hydrogen-bond donors (Lipinski definition) is 3. The highest BCUT2D eigenvalue weighted by Crippen LogP contribution is 2.27. The second kappa shape index (κ2) is 8.46. The standard InChI is InChI=1S/C21H22ClN3O3/c1-13(21(27)16-11-23-17-7-5-4-6-15(16)17)25(2)12-20(26)24-18-10-14(22)8-9-19(18)28-3/h4-11,13,23H,12H2,1-3H3,(H,24,26)/p+1/t13-/m0/s1. The van der Waals surface area contributed by atoms with Gasteiger partial charge in [0.2, 0.25) is 5.78 Å². The van der Waals surface area contributed by atoms with Crippen LogP contribution >= 0.6 is 11.6 Å². The summed E-state index contributed by atoms with van der Waals surface area (Å²) in [4.78, 5) is 29.3. The van der Waals surface area contributed by atoms with Crippen LogP contribution in [-0.2, 0) is 4.79 Å². The van der Waals surface area contributed by atoms with Gasteiger partial charge in [-0.25, -0.2) is 0 Å². The maximum atomic E-state index is 12.9. The first kappa shape index (κ1) is 19.9. The van der Waals surface area contributed by atoms with Crippen LogP contribution < -0.4 is 15.0 Å². The normalized spacial score (nSPS) is 13.1. The fraction of sp³-hybridized carbons (Fsp3) is 0.238. The second-order valence-electron chi connectivity index (χ2n) is 6.75. The first-order valence-corrected chi connectivity index (χ1v) is 9.34. The summed E-state index contributed by atoms with van der Waals surface area (Å²) in [6.45, 7) is 1.96. The minimum atomic E-state index is -0.383. The van der Waals surface area contributed by atoms with Gasteiger partial charge in [0.15, 0.2) is 6.54 Å². The average molecular weight is 401 g/mol. The fourth-order valence-corrected chi connectivity index (χ4v) is 3.28. The predicted molar refractivity (Wildman–Crippen MR) is 110 cm³/mol. The van der Waals surface area contributed by atoms with E-state index < -0.39 is 0 Å². The highest BCUT2D eigenvalue weighted by atomic mass is 35.5. The molecule has 0 radical (unpaired) electrons. The summed E-state index contributed by atoms with van der Waals surface area (Å²) in [7, 11) is 3.35. The maximum Gasteiger partial charge on any atom is 0.279 e. The minimum absolute atomic E-state index is 0.0110. The third-order valence-corrected chi connectivity index (χ3v) is 5.10. The van der Waals surface area contributed by atoms with Crippen LogP contribution in [0.3, 0.4) is 0 Å². The lowest BCUT2D eigenvalue weighted by molar-refractivity contribution is -0.885. The molecule has 7 heteroatoms. The molecular formula is C21H23ClN3O3+. The number of ether oxygens (including phenoxy) is 1.